The summed E-state index contributed by atoms with van der Waals surface area (Å²) in [6, 6.07) is 7.99. The molecule has 0 aliphatic rings. The van der Waals surface area contributed by atoms with E-state index in [1.165, 1.54) is 0 Å². The van der Waals surface area contributed by atoms with Gasteiger partial charge in [0.2, 0.25) is 0 Å². The summed E-state index contributed by atoms with van der Waals surface area (Å²) < 4.78 is 0. The van der Waals surface area contributed by atoms with E-state index in [-0.39, 0.29) is 0 Å². The van der Waals surface area contributed by atoms with E-state index in [0.717, 1.165) is 24.0 Å². The maximum Gasteiger partial charge on any atom is 0.503 e. The van der Waals surface area contributed by atoms with Crippen molar-refractivity contribution >= 4 is 6.16 Å². The molecule has 0 aliphatic heterocycles. The molecule has 1 aromatic rings. The van der Waals surface area contributed by atoms with Crippen molar-refractivity contribution in [3.05, 3.63) is 34.4 Å². The molecule has 0 amide bonds. The second-order valence-corrected chi connectivity index (χ2v) is 3.34. The first kappa shape index (κ1) is 15.5. The van der Waals surface area contributed by atoms with E-state index in [1.54, 1.807) is 6.07 Å². The van der Waals surface area contributed by atoms with E-state index >= 15 is 0 Å². The van der Waals surface area contributed by atoms with Gasteiger partial charge in [0.05, 0.1) is 23.3 Å². The first-order valence-corrected chi connectivity index (χ1v) is 5.38. The Labute approximate surface area is 106 Å². The second-order valence-electron chi connectivity index (χ2n) is 3.34. The highest BCUT2D eigenvalue weighted by molar-refractivity contribution is 5.53. The summed E-state index contributed by atoms with van der Waals surface area (Å²) in [6.07, 6.45) is -0.263. The van der Waals surface area contributed by atoms with Gasteiger partial charge in [0.25, 0.3) is 0 Å². The van der Waals surface area contributed by atoms with Gasteiger partial charge in [-0.15, -0.1) is 0 Å². The van der Waals surface area contributed by atoms with Gasteiger partial charge in [-0.2, -0.15) is 10.5 Å². The molecule has 0 radical (unpaired) electrons. The van der Waals surface area contributed by atoms with Crippen molar-refractivity contribution in [2.75, 3.05) is 0 Å². The molecule has 0 fully saturated rings. The van der Waals surface area contributed by atoms with Gasteiger partial charge in [0.15, 0.2) is 0 Å². The maximum atomic E-state index is 9.02. The second kappa shape index (κ2) is 7.70. The van der Waals surface area contributed by atoms with Crippen molar-refractivity contribution in [2.24, 2.45) is 0 Å². The summed E-state index contributed by atoms with van der Waals surface area (Å²) in [5, 5.41) is 31.8. The number of hydrogen-bond donors (Lipinski definition) is 2. The summed E-state index contributed by atoms with van der Waals surface area (Å²) in [4.78, 5) is 8.56. The van der Waals surface area contributed by atoms with Crippen molar-refractivity contribution in [3.63, 3.8) is 0 Å². The summed E-state index contributed by atoms with van der Waals surface area (Å²) in [6.45, 7) is 3.98. The highest BCUT2D eigenvalue weighted by Gasteiger charge is 2.09. The molecule has 0 bridgehead atoms. The zero-order valence-corrected chi connectivity index (χ0v) is 10.3. The quantitative estimate of drug-likeness (QED) is 0.834. The van der Waals surface area contributed by atoms with Crippen LogP contribution in [0.5, 0.6) is 0 Å². The van der Waals surface area contributed by atoms with Crippen LogP contribution in [-0.2, 0) is 12.8 Å². The Morgan fingerprint density at radius 1 is 1.17 bits per heavy atom. The minimum atomic E-state index is -1.83. The Morgan fingerprint density at radius 3 is 2.06 bits per heavy atom. The number of aryl methyl sites for hydroxylation is 1. The Hall–Kier alpha value is -2.53. The monoisotopic (exact) mass is 246 g/mol. The molecule has 0 heterocycles. The van der Waals surface area contributed by atoms with Crippen LogP contribution in [0.1, 0.15) is 36.1 Å². The van der Waals surface area contributed by atoms with Gasteiger partial charge in [0.1, 0.15) is 0 Å². The summed E-state index contributed by atoms with van der Waals surface area (Å²) in [7, 11) is 0. The number of benzene rings is 1. The van der Waals surface area contributed by atoms with E-state index in [4.69, 9.17) is 25.5 Å². The molecular weight excluding hydrogens is 232 g/mol. The predicted molar refractivity (Wildman–Crippen MR) is 65.3 cm³/mol. The summed E-state index contributed by atoms with van der Waals surface area (Å²) in [5.74, 6) is 0. The molecule has 2 N–H and O–H groups in total. The first-order valence-electron chi connectivity index (χ1n) is 5.38. The molecule has 0 aliphatic carbocycles. The average molecular weight is 246 g/mol. The number of carboxylic acid groups (broad SMARTS) is 2. The third-order valence-electron chi connectivity index (χ3n) is 2.37. The fraction of sp³-hybridized carbons (Fsp3) is 0.308. The number of nitriles is 2. The van der Waals surface area contributed by atoms with Crippen LogP contribution in [0.3, 0.4) is 0 Å². The average Bonchev–Trinajstić information content (AvgIpc) is 2.35. The normalized spacial score (nSPS) is 8.44. The third-order valence-corrected chi connectivity index (χ3v) is 2.37. The molecule has 0 saturated carbocycles. The Kier molecular flexibility index (Phi) is 6.61. The molecule has 18 heavy (non-hydrogen) atoms. The first-order chi connectivity index (χ1) is 8.51. The molecule has 5 nitrogen and oxygen atoms in total. The van der Waals surface area contributed by atoms with Crippen LogP contribution < -0.4 is 0 Å². The van der Waals surface area contributed by atoms with E-state index in [0.29, 0.717) is 11.1 Å². The van der Waals surface area contributed by atoms with Crippen LogP contribution in [0, 0.1) is 22.7 Å². The Morgan fingerprint density at radius 2 is 1.72 bits per heavy atom. The maximum absolute atomic E-state index is 9.02. The van der Waals surface area contributed by atoms with Crippen molar-refractivity contribution < 1.29 is 15.0 Å². The number of carbonyl (C=O) groups is 1. The Balaban J connectivity index is 0.000000631. The van der Waals surface area contributed by atoms with Crippen molar-refractivity contribution in [3.8, 4) is 12.1 Å². The molecule has 1 aromatic carbocycles. The van der Waals surface area contributed by atoms with Gasteiger partial charge in [-0.25, -0.2) is 4.79 Å². The fourth-order valence-corrected chi connectivity index (χ4v) is 1.60. The molecule has 94 valence electrons. The lowest BCUT2D eigenvalue weighted by molar-refractivity contribution is 0.137. The largest absolute Gasteiger partial charge is 0.503 e. The molecule has 0 atom stereocenters. The van der Waals surface area contributed by atoms with Crippen LogP contribution >= 0.6 is 0 Å². The lowest BCUT2D eigenvalue weighted by Crippen LogP contribution is -1.98. The lowest BCUT2D eigenvalue weighted by atomic mass is 9.94. The van der Waals surface area contributed by atoms with Gasteiger partial charge in [-0.05, 0) is 30.0 Å². The molecule has 0 spiro atoms. The van der Waals surface area contributed by atoms with Gasteiger partial charge in [-0.1, -0.05) is 19.9 Å². The van der Waals surface area contributed by atoms with E-state index < -0.39 is 6.16 Å². The zero-order valence-electron chi connectivity index (χ0n) is 10.3. The van der Waals surface area contributed by atoms with Crippen LogP contribution in [0.15, 0.2) is 12.1 Å². The highest BCUT2D eigenvalue weighted by atomic mass is 16.6. The van der Waals surface area contributed by atoms with Gasteiger partial charge >= 0.3 is 6.16 Å². The predicted octanol–water partition coefficient (Wildman–Crippen LogP) is 2.78. The minimum Gasteiger partial charge on any atom is -0.450 e. The van der Waals surface area contributed by atoms with Gasteiger partial charge in [0, 0.05) is 0 Å². The van der Waals surface area contributed by atoms with E-state index in [1.807, 2.05) is 19.9 Å². The van der Waals surface area contributed by atoms with Crippen molar-refractivity contribution in [1.82, 2.24) is 0 Å². The van der Waals surface area contributed by atoms with Crippen LogP contribution in [0.2, 0.25) is 0 Å². The van der Waals surface area contributed by atoms with Crippen LogP contribution in [0.4, 0.5) is 4.79 Å². The molecule has 5 heteroatoms. The van der Waals surface area contributed by atoms with Gasteiger partial charge < -0.3 is 10.2 Å². The SMILES string of the molecule is CCc1ccc(C#N)c(CC)c1C#N.O=C(O)O. The number of hydrogen-bond acceptors (Lipinski definition) is 3. The number of nitrogens with zero attached hydrogens (tertiary/aromatic N) is 2. The Bertz CT molecular complexity index is 506. The molecule has 0 unspecified atom stereocenters. The molecular formula is C13H14N2O3. The summed E-state index contributed by atoms with van der Waals surface area (Å²) >= 11 is 0. The minimum absolute atomic E-state index is 0.626. The van der Waals surface area contributed by atoms with Crippen LogP contribution in [-0.4, -0.2) is 16.4 Å². The highest BCUT2D eigenvalue weighted by Crippen LogP contribution is 2.19. The molecule has 0 saturated heterocycles. The van der Waals surface area contributed by atoms with Crippen LogP contribution in [0.25, 0.3) is 0 Å². The van der Waals surface area contributed by atoms with Crippen molar-refractivity contribution in [2.45, 2.75) is 26.7 Å². The number of rotatable bonds is 2. The summed E-state index contributed by atoms with van der Waals surface area (Å²) in [5.41, 5.74) is 3.23. The zero-order chi connectivity index (χ0) is 14.1. The lowest BCUT2D eigenvalue weighted by Gasteiger charge is -2.07. The standard InChI is InChI=1S/C12H12N2.CH2O3/c1-3-9-5-6-10(7-13)11(4-2)12(9)8-14;2-1(3)4/h5-6H,3-4H2,1-2H3;(H2,2,3,4). The fourth-order valence-electron chi connectivity index (χ4n) is 1.60. The van der Waals surface area contributed by atoms with Crippen molar-refractivity contribution in [1.29, 1.82) is 10.5 Å². The smallest absolute Gasteiger partial charge is 0.450 e. The van der Waals surface area contributed by atoms with Gasteiger partial charge in [-0.3, -0.25) is 0 Å². The third kappa shape index (κ3) is 4.15. The van der Waals surface area contributed by atoms with E-state index in [9.17, 15) is 0 Å². The molecule has 0 aromatic heterocycles. The van der Waals surface area contributed by atoms with E-state index in [2.05, 4.69) is 12.1 Å². The molecule has 1 rings (SSSR count). The topological polar surface area (TPSA) is 105 Å².